The van der Waals surface area contributed by atoms with Crippen molar-refractivity contribution in [2.45, 2.75) is 13.5 Å². The Kier molecular flexibility index (Phi) is 5.15. The molecule has 0 fully saturated rings. The molecule has 2 rings (SSSR count). The molecule has 0 saturated heterocycles. The molecule has 0 spiro atoms. The van der Waals surface area contributed by atoms with Gasteiger partial charge in [0.25, 0.3) is 0 Å². The first-order valence-corrected chi connectivity index (χ1v) is 6.75. The second kappa shape index (κ2) is 7.07. The van der Waals surface area contributed by atoms with Gasteiger partial charge < -0.3 is 15.4 Å². The Hall–Kier alpha value is -1.85. The molecule has 0 amide bonds. The highest BCUT2D eigenvalue weighted by Gasteiger charge is 2.05. The number of ether oxygens (including phenoxy) is 1. The topological polar surface area (TPSA) is 59.1 Å². The van der Waals surface area contributed by atoms with Crippen LogP contribution in [0.15, 0.2) is 30.3 Å². The average molecular weight is 293 g/mol. The van der Waals surface area contributed by atoms with E-state index in [0.717, 1.165) is 11.5 Å². The van der Waals surface area contributed by atoms with Crippen molar-refractivity contribution in [3.8, 4) is 0 Å². The predicted molar refractivity (Wildman–Crippen MR) is 81.6 cm³/mol. The van der Waals surface area contributed by atoms with Crippen LogP contribution in [-0.4, -0.2) is 23.6 Å². The van der Waals surface area contributed by atoms with Crippen LogP contribution in [0.4, 0.5) is 17.3 Å². The minimum atomic E-state index is 0.385. The summed E-state index contributed by atoms with van der Waals surface area (Å²) in [5.74, 6) is 2.06. The number of hydrogen-bond donors (Lipinski definition) is 2. The lowest BCUT2D eigenvalue weighted by Crippen LogP contribution is -2.05. The zero-order valence-electron chi connectivity index (χ0n) is 11.5. The van der Waals surface area contributed by atoms with E-state index in [-0.39, 0.29) is 0 Å². The van der Waals surface area contributed by atoms with E-state index in [4.69, 9.17) is 16.3 Å². The Balaban J connectivity index is 2.21. The molecule has 0 atom stereocenters. The molecule has 0 bridgehead atoms. The highest BCUT2D eigenvalue weighted by Crippen LogP contribution is 2.20. The van der Waals surface area contributed by atoms with Crippen molar-refractivity contribution in [1.29, 1.82) is 0 Å². The van der Waals surface area contributed by atoms with Gasteiger partial charge in [0.1, 0.15) is 18.2 Å². The van der Waals surface area contributed by atoms with Gasteiger partial charge in [0.15, 0.2) is 5.82 Å². The third-order valence-corrected chi connectivity index (χ3v) is 2.80. The van der Waals surface area contributed by atoms with E-state index < -0.39 is 0 Å². The fourth-order valence-electron chi connectivity index (χ4n) is 1.66. The van der Waals surface area contributed by atoms with Gasteiger partial charge in [0.2, 0.25) is 0 Å². The van der Waals surface area contributed by atoms with E-state index in [1.54, 1.807) is 0 Å². The molecule has 0 aliphatic rings. The van der Waals surface area contributed by atoms with Crippen molar-refractivity contribution < 1.29 is 4.74 Å². The molecule has 1 aromatic carbocycles. The summed E-state index contributed by atoms with van der Waals surface area (Å²) in [6, 6.07) is 9.30. The molecule has 0 unspecified atom stereocenters. The Morgan fingerprint density at radius 2 is 2.00 bits per heavy atom. The third-order valence-electron chi connectivity index (χ3n) is 2.56. The second-order valence-electron chi connectivity index (χ2n) is 4.08. The Morgan fingerprint density at radius 1 is 1.20 bits per heavy atom. The summed E-state index contributed by atoms with van der Waals surface area (Å²) in [5, 5.41) is 6.89. The highest BCUT2D eigenvalue weighted by atomic mass is 35.5. The summed E-state index contributed by atoms with van der Waals surface area (Å²) in [6.45, 7) is 2.95. The number of halogens is 1. The maximum absolute atomic E-state index is 5.96. The van der Waals surface area contributed by atoms with Crippen molar-refractivity contribution in [3.63, 3.8) is 0 Å². The maximum atomic E-state index is 5.96. The lowest BCUT2D eigenvalue weighted by Gasteiger charge is -2.10. The first-order chi connectivity index (χ1) is 9.71. The van der Waals surface area contributed by atoms with Crippen LogP contribution in [0.5, 0.6) is 0 Å². The normalized spacial score (nSPS) is 10.3. The Labute approximate surface area is 123 Å². The molecule has 0 saturated carbocycles. The number of anilines is 3. The maximum Gasteiger partial charge on any atom is 0.158 e. The summed E-state index contributed by atoms with van der Waals surface area (Å²) >= 11 is 5.96. The molecule has 2 aromatic rings. The van der Waals surface area contributed by atoms with Gasteiger partial charge in [-0.2, -0.15) is 0 Å². The zero-order chi connectivity index (χ0) is 14.4. The first-order valence-electron chi connectivity index (χ1n) is 6.37. The molecule has 1 heterocycles. The van der Waals surface area contributed by atoms with Crippen LogP contribution in [0.3, 0.4) is 0 Å². The van der Waals surface area contributed by atoms with E-state index >= 15 is 0 Å². The fraction of sp³-hybridized carbons (Fsp3) is 0.286. The van der Waals surface area contributed by atoms with Crippen LogP contribution >= 0.6 is 11.6 Å². The van der Waals surface area contributed by atoms with E-state index in [0.29, 0.717) is 29.9 Å². The minimum absolute atomic E-state index is 0.385. The van der Waals surface area contributed by atoms with Crippen molar-refractivity contribution >= 4 is 28.9 Å². The van der Waals surface area contributed by atoms with Gasteiger partial charge in [-0.3, -0.25) is 0 Å². The number of nitrogens with zero attached hydrogens (tertiary/aromatic N) is 2. The van der Waals surface area contributed by atoms with E-state index in [2.05, 4.69) is 20.6 Å². The van der Waals surface area contributed by atoms with Crippen molar-refractivity contribution in [2.24, 2.45) is 0 Å². The van der Waals surface area contributed by atoms with Gasteiger partial charge in [-0.1, -0.05) is 17.7 Å². The molecular formula is C14H17ClN4O. The van der Waals surface area contributed by atoms with Crippen LogP contribution < -0.4 is 10.6 Å². The van der Waals surface area contributed by atoms with E-state index in [9.17, 15) is 0 Å². The number of nitrogens with one attached hydrogen (secondary N) is 2. The quantitative estimate of drug-likeness (QED) is 0.854. The van der Waals surface area contributed by atoms with Gasteiger partial charge in [-0.05, 0) is 25.1 Å². The molecule has 1 aromatic heterocycles. The van der Waals surface area contributed by atoms with Crippen molar-refractivity contribution in [2.75, 3.05) is 24.3 Å². The third kappa shape index (κ3) is 4.08. The monoisotopic (exact) mass is 292 g/mol. The second-order valence-corrected chi connectivity index (χ2v) is 4.51. The van der Waals surface area contributed by atoms with Crippen molar-refractivity contribution in [1.82, 2.24) is 9.97 Å². The molecule has 0 aliphatic carbocycles. The molecule has 0 radical (unpaired) electrons. The summed E-state index contributed by atoms with van der Waals surface area (Å²) in [6.07, 6.45) is 0. The number of aromatic nitrogens is 2. The van der Waals surface area contributed by atoms with Crippen LogP contribution in [0.2, 0.25) is 5.02 Å². The molecule has 5 nitrogen and oxygen atoms in total. The Bertz CT molecular complexity index is 577. The largest absolute Gasteiger partial charge is 0.374 e. The molecule has 0 aliphatic heterocycles. The number of benzene rings is 1. The Morgan fingerprint density at radius 3 is 2.70 bits per heavy atom. The van der Waals surface area contributed by atoms with E-state index in [1.165, 1.54) is 0 Å². The molecule has 2 N–H and O–H groups in total. The van der Waals surface area contributed by atoms with Crippen LogP contribution in [0, 0.1) is 0 Å². The van der Waals surface area contributed by atoms with Crippen LogP contribution in [0.1, 0.15) is 12.7 Å². The summed E-state index contributed by atoms with van der Waals surface area (Å²) in [4.78, 5) is 8.75. The van der Waals surface area contributed by atoms with Crippen LogP contribution in [0.25, 0.3) is 0 Å². The highest BCUT2D eigenvalue weighted by molar-refractivity contribution is 6.30. The number of hydrogen-bond acceptors (Lipinski definition) is 5. The smallest absolute Gasteiger partial charge is 0.158 e. The summed E-state index contributed by atoms with van der Waals surface area (Å²) in [7, 11) is 1.82. The number of rotatable bonds is 6. The average Bonchev–Trinajstić information content (AvgIpc) is 2.45. The first kappa shape index (κ1) is 14.6. The van der Waals surface area contributed by atoms with Gasteiger partial charge in [0.05, 0.1) is 0 Å². The SMILES string of the molecule is CCOCc1nc(NC)cc(Nc2cccc(Cl)c2)n1. The zero-order valence-corrected chi connectivity index (χ0v) is 12.2. The van der Waals surface area contributed by atoms with Crippen LogP contribution in [-0.2, 0) is 11.3 Å². The lowest BCUT2D eigenvalue weighted by molar-refractivity contribution is 0.128. The van der Waals surface area contributed by atoms with Gasteiger partial charge in [0, 0.05) is 30.4 Å². The molecule has 6 heteroatoms. The van der Waals surface area contributed by atoms with Crippen molar-refractivity contribution in [3.05, 3.63) is 41.2 Å². The van der Waals surface area contributed by atoms with Gasteiger partial charge in [-0.25, -0.2) is 9.97 Å². The molecular weight excluding hydrogens is 276 g/mol. The van der Waals surface area contributed by atoms with Gasteiger partial charge >= 0.3 is 0 Å². The molecule has 20 heavy (non-hydrogen) atoms. The van der Waals surface area contributed by atoms with Gasteiger partial charge in [-0.15, -0.1) is 0 Å². The lowest BCUT2D eigenvalue weighted by atomic mass is 10.3. The summed E-state index contributed by atoms with van der Waals surface area (Å²) < 4.78 is 5.34. The minimum Gasteiger partial charge on any atom is -0.374 e. The standard InChI is InChI=1S/C14H17ClN4O/c1-3-20-9-14-18-12(16-2)8-13(19-14)17-11-6-4-5-10(15)7-11/h4-8H,3,9H2,1-2H3,(H2,16,17,18,19). The predicted octanol–water partition coefficient (Wildman–Crippen LogP) is 3.45. The molecule has 106 valence electrons. The summed E-state index contributed by atoms with van der Waals surface area (Å²) in [5.41, 5.74) is 0.876. The fourth-order valence-corrected chi connectivity index (χ4v) is 1.85. The van der Waals surface area contributed by atoms with E-state index in [1.807, 2.05) is 44.3 Å².